The Morgan fingerprint density at radius 2 is 1.59 bits per heavy atom. The number of imide groups is 1. The fraction of sp³-hybridized carbons (Fsp3) is 0.0870. The van der Waals surface area contributed by atoms with Gasteiger partial charge < -0.3 is 19.0 Å². The van der Waals surface area contributed by atoms with E-state index in [4.69, 9.17) is 9.29 Å². The minimum atomic E-state index is -4.70. The number of aldehydes is 1. The molecule has 3 N–H and O–H groups in total. The maximum Gasteiger partial charge on any atom is 0.446 e. The van der Waals surface area contributed by atoms with Crippen LogP contribution in [0.2, 0.25) is 0 Å². The van der Waals surface area contributed by atoms with Crippen LogP contribution in [-0.2, 0) is 21.8 Å². The van der Waals surface area contributed by atoms with Crippen LogP contribution in [0.4, 0.5) is 4.79 Å². The van der Waals surface area contributed by atoms with Crippen molar-refractivity contribution in [1.29, 1.82) is 0 Å². The molecule has 11 heteroatoms. The summed E-state index contributed by atoms with van der Waals surface area (Å²) in [4.78, 5) is 36.4. The van der Waals surface area contributed by atoms with E-state index in [0.29, 0.717) is 6.29 Å². The second-order valence-corrected chi connectivity index (χ2v) is 7.91. The zero-order valence-corrected chi connectivity index (χ0v) is 18.4. The molecule has 3 aromatic rings. The summed E-state index contributed by atoms with van der Waals surface area (Å²) in [6.45, 7) is 0.224. The van der Waals surface area contributed by atoms with Crippen LogP contribution in [-0.4, -0.2) is 31.2 Å². The molecule has 0 fully saturated rings. The Labute approximate surface area is 195 Å². The van der Waals surface area contributed by atoms with Crippen LogP contribution in [0, 0.1) is 0 Å². The molecule has 1 atom stereocenters. The highest BCUT2D eigenvalue weighted by Crippen LogP contribution is 2.20. The van der Waals surface area contributed by atoms with E-state index in [2.05, 4.69) is 14.8 Å². The van der Waals surface area contributed by atoms with E-state index in [-0.39, 0.29) is 29.2 Å². The van der Waals surface area contributed by atoms with Gasteiger partial charge in [-0.2, -0.15) is 8.42 Å². The van der Waals surface area contributed by atoms with Crippen LogP contribution in [0.3, 0.4) is 0 Å². The highest BCUT2D eigenvalue weighted by atomic mass is 32.3. The van der Waals surface area contributed by atoms with Gasteiger partial charge in [-0.05, 0) is 35.4 Å². The quantitative estimate of drug-likeness (QED) is 0.310. The molecule has 34 heavy (non-hydrogen) atoms. The van der Waals surface area contributed by atoms with Gasteiger partial charge in [-0.15, -0.1) is 0 Å². The Hall–Kier alpha value is -4.22. The minimum Gasteiger partial charge on any atom is -0.488 e. The van der Waals surface area contributed by atoms with Crippen LogP contribution in [0.1, 0.15) is 27.5 Å². The molecule has 0 aliphatic rings. The third kappa shape index (κ3) is 7.15. The van der Waals surface area contributed by atoms with Crippen molar-refractivity contribution in [2.24, 2.45) is 0 Å². The topological polar surface area (TPSA) is 148 Å². The van der Waals surface area contributed by atoms with Gasteiger partial charge in [0.05, 0.1) is 5.56 Å². The summed E-state index contributed by atoms with van der Waals surface area (Å²) in [7, 11) is -4.70. The standard InChI is InChI=1S/C23H20N2O8S/c26-14-20(17-10-12-18(13-11-17)33-34(29,30)31)24-23(28)25-22(27)19-8-4-5-9-21(19)32-15-16-6-2-1-3-7-16/h1-14,20H,15H2,(H,29,30,31)(H2,24,25,27,28). The van der Waals surface area contributed by atoms with E-state index in [0.717, 1.165) is 5.56 Å². The zero-order chi connectivity index (χ0) is 24.6. The Kier molecular flexibility index (Phi) is 7.96. The Bertz CT molecular complexity index is 1260. The first kappa shape index (κ1) is 24.4. The summed E-state index contributed by atoms with van der Waals surface area (Å²) in [5.74, 6) is -0.650. The highest BCUT2D eigenvalue weighted by molar-refractivity contribution is 7.81. The molecular formula is C23H20N2O8S. The molecule has 3 rings (SSSR count). The predicted octanol–water partition coefficient (Wildman–Crippen LogP) is 2.83. The summed E-state index contributed by atoms with van der Waals surface area (Å²) >= 11 is 0. The summed E-state index contributed by atoms with van der Waals surface area (Å²) in [6, 6.07) is 18.7. The monoisotopic (exact) mass is 484 g/mol. The summed E-state index contributed by atoms with van der Waals surface area (Å²) in [6.07, 6.45) is 0.430. The Morgan fingerprint density at radius 3 is 2.24 bits per heavy atom. The van der Waals surface area contributed by atoms with Gasteiger partial charge in [0.25, 0.3) is 5.91 Å². The number of hydrogen-bond donors (Lipinski definition) is 3. The second kappa shape index (κ2) is 11.1. The van der Waals surface area contributed by atoms with Gasteiger partial charge in [0.2, 0.25) is 0 Å². The van der Waals surface area contributed by atoms with E-state index in [1.807, 2.05) is 30.3 Å². The molecule has 3 amide bonds. The van der Waals surface area contributed by atoms with Crippen molar-refractivity contribution in [3.8, 4) is 11.5 Å². The molecule has 0 aliphatic carbocycles. The maximum absolute atomic E-state index is 12.6. The van der Waals surface area contributed by atoms with E-state index in [1.54, 1.807) is 18.2 Å². The number of rotatable bonds is 9. The van der Waals surface area contributed by atoms with Gasteiger partial charge in [-0.25, -0.2) is 4.79 Å². The van der Waals surface area contributed by atoms with Crippen LogP contribution in [0.15, 0.2) is 78.9 Å². The molecule has 0 aromatic heterocycles. The molecule has 1 unspecified atom stereocenters. The van der Waals surface area contributed by atoms with Crippen molar-refractivity contribution in [2.45, 2.75) is 12.6 Å². The van der Waals surface area contributed by atoms with Gasteiger partial charge in [-0.3, -0.25) is 14.7 Å². The number of nitrogens with one attached hydrogen (secondary N) is 2. The molecule has 0 saturated carbocycles. The number of hydrogen-bond acceptors (Lipinski definition) is 7. The van der Waals surface area contributed by atoms with Crippen LogP contribution in [0.5, 0.6) is 11.5 Å². The van der Waals surface area contributed by atoms with Gasteiger partial charge in [0.15, 0.2) is 0 Å². The lowest BCUT2D eigenvalue weighted by molar-refractivity contribution is -0.109. The molecule has 0 aliphatic heterocycles. The van der Waals surface area contributed by atoms with Crippen molar-refractivity contribution < 1.29 is 36.3 Å². The van der Waals surface area contributed by atoms with Crippen molar-refractivity contribution in [3.63, 3.8) is 0 Å². The first-order valence-electron chi connectivity index (χ1n) is 9.85. The number of benzene rings is 3. The van der Waals surface area contributed by atoms with Crippen LogP contribution >= 0.6 is 0 Å². The van der Waals surface area contributed by atoms with Gasteiger partial charge in [0.1, 0.15) is 30.4 Å². The van der Waals surface area contributed by atoms with Crippen LogP contribution in [0.25, 0.3) is 0 Å². The fourth-order valence-corrected chi connectivity index (χ4v) is 3.27. The first-order chi connectivity index (χ1) is 16.2. The van der Waals surface area contributed by atoms with Crippen molar-refractivity contribution in [3.05, 3.63) is 95.6 Å². The molecule has 10 nitrogen and oxygen atoms in total. The fourth-order valence-electron chi connectivity index (χ4n) is 2.91. The smallest absolute Gasteiger partial charge is 0.446 e. The van der Waals surface area contributed by atoms with Crippen LogP contribution < -0.4 is 19.6 Å². The average molecular weight is 484 g/mol. The summed E-state index contributed by atoms with van der Waals surface area (Å²) < 4.78 is 40.2. The number of ether oxygens (including phenoxy) is 1. The largest absolute Gasteiger partial charge is 0.488 e. The van der Waals surface area contributed by atoms with E-state index < -0.39 is 28.4 Å². The molecule has 0 saturated heterocycles. The number of carbonyl (C=O) groups excluding carboxylic acids is 3. The lowest BCUT2D eigenvalue weighted by Gasteiger charge is -2.15. The Morgan fingerprint density at radius 1 is 0.941 bits per heavy atom. The predicted molar refractivity (Wildman–Crippen MR) is 121 cm³/mol. The lowest BCUT2D eigenvalue weighted by Crippen LogP contribution is -2.41. The third-order valence-corrected chi connectivity index (χ3v) is 4.86. The molecule has 0 radical (unpaired) electrons. The number of carbonyl (C=O) groups is 3. The summed E-state index contributed by atoms with van der Waals surface area (Å²) in [5, 5.41) is 4.49. The molecule has 0 bridgehead atoms. The third-order valence-electron chi connectivity index (χ3n) is 4.46. The highest BCUT2D eigenvalue weighted by Gasteiger charge is 2.19. The summed E-state index contributed by atoms with van der Waals surface area (Å²) in [5.41, 5.74) is 1.31. The van der Waals surface area contributed by atoms with Crippen molar-refractivity contribution in [1.82, 2.24) is 10.6 Å². The number of urea groups is 1. The molecule has 176 valence electrons. The number of amides is 3. The van der Waals surface area contributed by atoms with E-state index in [9.17, 15) is 22.8 Å². The average Bonchev–Trinajstić information content (AvgIpc) is 2.81. The second-order valence-electron chi connectivity index (χ2n) is 6.89. The molecular weight excluding hydrogens is 464 g/mol. The maximum atomic E-state index is 12.6. The van der Waals surface area contributed by atoms with Gasteiger partial charge >= 0.3 is 16.4 Å². The minimum absolute atomic E-state index is 0.128. The normalized spacial score (nSPS) is 11.7. The SMILES string of the molecule is O=CC(NC(=O)NC(=O)c1ccccc1OCc1ccccc1)c1ccc(OS(=O)(=O)O)cc1. The number of para-hydroxylation sites is 1. The van der Waals surface area contributed by atoms with Gasteiger partial charge in [-0.1, -0.05) is 54.6 Å². The molecule has 3 aromatic carbocycles. The molecule has 0 heterocycles. The molecule has 0 spiro atoms. The Balaban J connectivity index is 1.63. The first-order valence-corrected chi connectivity index (χ1v) is 11.2. The lowest BCUT2D eigenvalue weighted by atomic mass is 10.1. The zero-order valence-electron chi connectivity index (χ0n) is 17.6. The van der Waals surface area contributed by atoms with Crippen molar-refractivity contribution in [2.75, 3.05) is 0 Å². The van der Waals surface area contributed by atoms with Gasteiger partial charge in [0, 0.05) is 0 Å². The van der Waals surface area contributed by atoms with Crippen molar-refractivity contribution >= 4 is 28.6 Å². The van der Waals surface area contributed by atoms with E-state index >= 15 is 0 Å². The van der Waals surface area contributed by atoms with E-state index in [1.165, 1.54) is 30.3 Å².